The molecule has 0 amide bonds. The summed E-state index contributed by atoms with van der Waals surface area (Å²) < 4.78 is 31.6. The maximum Gasteiger partial charge on any atom is 0.319 e. The molecule has 0 fully saturated rings. The fourth-order valence-corrected chi connectivity index (χ4v) is 2.20. The molecule has 2 aromatic heterocycles. The van der Waals surface area contributed by atoms with Gasteiger partial charge in [0.05, 0.1) is 13.1 Å². The Labute approximate surface area is 131 Å². The van der Waals surface area contributed by atoms with Crippen LogP contribution in [0, 0.1) is 0 Å². The average molecular weight is 319 g/mol. The number of rotatable bonds is 6. The molecule has 1 aromatic carbocycles. The fraction of sp³-hybridized carbons (Fsp3) is 0.267. The van der Waals surface area contributed by atoms with Crippen LogP contribution in [-0.2, 0) is 13.1 Å². The number of alkyl halides is 2. The molecule has 2 heterocycles. The van der Waals surface area contributed by atoms with Crippen molar-refractivity contribution in [2.75, 3.05) is 7.05 Å². The maximum absolute atomic E-state index is 12.8. The minimum atomic E-state index is -2.60. The SMILES string of the molecule is CN(Cc1nc(-c2ccccc2)no1)Cc1nccn1C(F)F. The fourth-order valence-electron chi connectivity index (χ4n) is 2.20. The smallest absolute Gasteiger partial charge is 0.319 e. The molecule has 0 saturated carbocycles. The highest BCUT2D eigenvalue weighted by atomic mass is 19.3. The summed E-state index contributed by atoms with van der Waals surface area (Å²) in [4.78, 5) is 10.0. The zero-order valence-corrected chi connectivity index (χ0v) is 12.4. The van der Waals surface area contributed by atoms with E-state index in [-0.39, 0.29) is 12.4 Å². The lowest BCUT2D eigenvalue weighted by Crippen LogP contribution is -2.20. The summed E-state index contributed by atoms with van der Waals surface area (Å²) in [6.45, 7) is -2.01. The van der Waals surface area contributed by atoms with Gasteiger partial charge in [-0.3, -0.25) is 9.47 Å². The summed E-state index contributed by atoms with van der Waals surface area (Å²) in [5.74, 6) is 1.20. The normalized spacial score (nSPS) is 11.5. The Hall–Kier alpha value is -2.61. The summed E-state index contributed by atoms with van der Waals surface area (Å²) in [7, 11) is 1.77. The zero-order valence-electron chi connectivity index (χ0n) is 12.4. The van der Waals surface area contributed by atoms with E-state index in [2.05, 4.69) is 15.1 Å². The van der Waals surface area contributed by atoms with Gasteiger partial charge in [-0.25, -0.2) is 4.98 Å². The van der Waals surface area contributed by atoms with Crippen LogP contribution in [0.5, 0.6) is 0 Å². The zero-order chi connectivity index (χ0) is 16.2. The van der Waals surface area contributed by atoms with Crippen LogP contribution < -0.4 is 0 Å². The van der Waals surface area contributed by atoms with Gasteiger partial charge in [0, 0.05) is 18.0 Å². The molecule has 0 radical (unpaired) electrons. The Balaban J connectivity index is 1.65. The third kappa shape index (κ3) is 3.59. The first kappa shape index (κ1) is 15.3. The molecule has 120 valence electrons. The van der Waals surface area contributed by atoms with Gasteiger partial charge in [0.2, 0.25) is 11.7 Å². The molecule has 3 aromatic rings. The highest BCUT2D eigenvalue weighted by Crippen LogP contribution is 2.17. The molecule has 8 heteroatoms. The van der Waals surface area contributed by atoms with E-state index in [0.717, 1.165) is 10.1 Å². The van der Waals surface area contributed by atoms with Crippen molar-refractivity contribution in [2.24, 2.45) is 0 Å². The van der Waals surface area contributed by atoms with Crippen LogP contribution in [0.1, 0.15) is 18.3 Å². The number of benzene rings is 1. The Morgan fingerprint density at radius 1 is 1.22 bits per heavy atom. The van der Waals surface area contributed by atoms with Crippen molar-refractivity contribution in [1.82, 2.24) is 24.6 Å². The molecule has 6 nitrogen and oxygen atoms in total. The van der Waals surface area contributed by atoms with E-state index in [0.29, 0.717) is 18.3 Å². The summed E-state index contributed by atoms with van der Waals surface area (Å²) in [6, 6.07) is 9.46. The summed E-state index contributed by atoms with van der Waals surface area (Å²) >= 11 is 0. The van der Waals surface area contributed by atoms with Gasteiger partial charge in [0.25, 0.3) is 0 Å². The van der Waals surface area contributed by atoms with Crippen LogP contribution in [0.15, 0.2) is 47.2 Å². The third-order valence-corrected chi connectivity index (χ3v) is 3.28. The molecule has 0 aliphatic carbocycles. The summed E-state index contributed by atoms with van der Waals surface area (Å²) in [5.41, 5.74) is 0.860. The second-order valence-electron chi connectivity index (χ2n) is 5.08. The molecule has 0 atom stereocenters. The van der Waals surface area contributed by atoms with E-state index < -0.39 is 6.55 Å². The van der Waals surface area contributed by atoms with E-state index in [9.17, 15) is 8.78 Å². The Kier molecular flexibility index (Phi) is 4.42. The lowest BCUT2D eigenvalue weighted by atomic mass is 10.2. The van der Waals surface area contributed by atoms with Crippen LogP contribution in [-0.4, -0.2) is 31.6 Å². The number of imidazole rings is 1. The molecule has 0 bridgehead atoms. The Bertz CT molecular complexity index is 756. The van der Waals surface area contributed by atoms with Gasteiger partial charge in [0.1, 0.15) is 5.82 Å². The molecular formula is C15H15F2N5O. The summed E-state index contributed by atoms with van der Waals surface area (Å²) in [5, 5.41) is 3.93. The minimum absolute atomic E-state index is 0.250. The van der Waals surface area contributed by atoms with Gasteiger partial charge in [0.15, 0.2) is 0 Å². The number of hydrogen-bond acceptors (Lipinski definition) is 5. The number of hydrogen-bond donors (Lipinski definition) is 0. The van der Waals surface area contributed by atoms with Gasteiger partial charge in [-0.2, -0.15) is 13.8 Å². The van der Waals surface area contributed by atoms with E-state index in [1.165, 1.54) is 12.4 Å². The molecule has 0 saturated heterocycles. The standard InChI is InChI=1S/C15H15F2N5O/c1-21(9-12-18-7-8-22(12)15(16)17)10-13-19-14(20-23-13)11-5-3-2-4-6-11/h2-8,15H,9-10H2,1H3. The predicted octanol–water partition coefficient (Wildman–Crippen LogP) is 2.96. The van der Waals surface area contributed by atoms with Gasteiger partial charge < -0.3 is 4.52 Å². The van der Waals surface area contributed by atoms with Crippen LogP contribution in [0.25, 0.3) is 11.4 Å². The third-order valence-electron chi connectivity index (χ3n) is 3.28. The number of nitrogens with zero attached hydrogens (tertiary/aromatic N) is 5. The van der Waals surface area contributed by atoms with Crippen LogP contribution in [0.4, 0.5) is 8.78 Å². The molecule has 3 rings (SSSR count). The molecule has 0 aliphatic rings. The first-order valence-electron chi connectivity index (χ1n) is 7.00. The topological polar surface area (TPSA) is 60.0 Å². The molecule has 0 N–H and O–H groups in total. The highest BCUT2D eigenvalue weighted by Gasteiger charge is 2.15. The van der Waals surface area contributed by atoms with Crippen molar-refractivity contribution in [3.8, 4) is 11.4 Å². The molecule has 0 unspecified atom stereocenters. The van der Waals surface area contributed by atoms with Gasteiger partial charge in [-0.15, -0.1) is 0 Å². The maximum atomic E-state index is 12.8. The first-order chi connectivity index (χ1) is 11.1. The minimum Gasteiger partial charge on any atom is -0.338 e. The average Bonchev–Trinajstić information content (AvgIpc) is 3.17. The summed E-state index contributed by atoms with van der Waals surface area (Å²) in [6.07, 6.45) is 2.61. The Morgan fingerprint density at radius 3 is 2.74 bits per heavy atom. The van der Waals surface area contributed by atoms with Crippen LogP contribution in [0.2, 0.25) is 0 Å². The van der Waals surface area contributed by atoms with Gasteiger partial charge in [-0.05, 0) is 7.05 Å². The van der Waals surface area contributed by atoms with Crippen molar-refractivity contribution in [3.05, 3.63) is 54.4 Å². The second-order valence-corrected chi connectivity index (χ2v) is 5.08. The second kappa shape index (κ2) is 6.66. The van der Waals surface area contributed by atoms with Crippen molar-refractivity contribution in [3.63, 3.8) is 0 Å². The largest absolute Gasteiger partial charge is 0.338 e. The van der Waals surface area contributed by atoms with Gasteiger partial charge >= 0.3 is 6.55 Å². The van der Waals surface area contributed by atoms with Gasteiger partial charge in [-0.1, -0.05) is 35.5 Å². The highest BCUT2D eigenvalue weighted by molar-refractivity contribution is 5.53. The molecule has 0 spiro atoms. The lowest BCUT2D eigenvalue weighted by molar-refractivity contribution is 0.0642. The van der Waals surface area contributed by atoms with Crippen LogP contribution >= 0.6 is 0 Å². The van der Waals surface area contributed by atoms with E-state index in [1.54, 1.807) is 11.9 Å². The molecular weight excluding hydrogens is 304 g/mol. The molecule has 23 heavy (non-hydrogen) atoms. The lowest BCUT2D eigenvalue weighted by Gasteiger charge is -2.14. The van der Waals surface area contributed by atoms with E-state index in [1.807, 2.05) is 30.3 Å². The Morgan fingerprint density at radius 2 is 2.00 bits per heavy atom. The number of halogens is 2. The van der Waals surface area contributed by atoms with Crippen molar-refractivity contribution in [2.45, 2.75) is 19.6 Å². The van der Waals surface area contributed by atoms with Crippen LogP contribution in [0.3, 0.4) is 0 Å². The first-order valence-corrected chi connectivity index (χ1v) is 7.00. The molecule has 0 aliphatic heterocycles. The van der Waals surface area contributed by atoms with Crippen molar-refractivity contribution >= 4 is 0 Å². The van der Waals surface area contributed by atoms with E-state index in [4.69, 9.17) is 4.52 Å². The quantitative estimate of drug-likeness (QED) is 0.699. The van der Waals surface area contributed by atoms with Crippen molar-refractivity contribution in [1.29, 1.82) is 0 Å². The number of aromatic nitrogens is 4. The monoisotopic (exact) mass is 319 g/mol. The van der Waals surface area contributed by atoms with Crippen molar-refractivity contribution < 1.29 is 13.3 Å². The predicted molar refractivity (Wildman–Crippen MR) is 78.4 cm³/mol. The van der Waals surface area contributed by atoms with E-state index >= 15 is 0 Å².